The Labute approximate surface area is 118 Å². The minimum absolute atomic E-state index is 0.00755. The van der Waals surface area contributed by atoms with Crippen molar-refractivity contribution in [3.05, 3.63) is 59.4 Å². The van der Waals surface area contributed by atoms with Crippen LogP contribution in [0.1, 0.15) is 28.7 Å². The molecule has 0 bridgehead atoms. The molecule has 0 spiro atoms. The Morgan fingerprint density at radius 3 is 2.60 bits per heavy atom. The highest BCUT2D eigenvalue weighted by Crippen LogP contribution is 2.18. The van der Waals surface area contributed by atoms with Gasteiger partial charge in [0.1, 0.15) is 5.75 Å². The van der Waals surface area contributed by atoms with E-state index in [1.165, 1.54) is 6.07 Å². The molecular formula is C16H18N2O2. The lowest BCUT2D eigenvalue weighted by Crippen LogP contribution is -2.30. The third kappa shape index (κ3) is 3.15. The predicted octanol–water partition coefficient (Wildman–Crippen LogP) is 2.76. The number of hydrogen-bond donors (Lipinski definition) is 1. The number of hydrogen-bond acceptors (Lipinski definition) is 3. The van der Waals surface area contributed by atoms with Crippen LogP contribution in [0.5, 0.6) is 5.75 Å². The summed E-state index contributed by atoms with van der Waals surface area (Å²) in [7, 11) is 0. The van der Waals surface area contributed by atoms with Gasteiger partial charge in [-0.2, -0.15) is 0 Å². The molecule has 2 rings (SSSR count). The number of aromatic nitrogens is 1. The predicted molar refractivity (Wildman–Crippen MR) is 77.5 cm³/mol. The summed E-state index contributed by atoms with van der Waals surface area (Å²) in [5.41, 5.74) is 2.09. The number of aryl methyl sites for hydroxylation is 1. The zero-order chi connectivity index (χ0) is 14.5. The van der Waals surface area contributed by atoms with E-state index in [9.17, 15) is 9.90 Å². The van der Waals surface area contributed by atoms with Crippen LogP contribution in [0, 0.1) is 6.92 Å². The molecule has 0 aliphatic rings. The van der Waals surface area contributed by atoms with Crippen molar-refractivity contribution in [1.29, 1.82) is 0 Å². The molecule has 4 heteroatoms. The molecule has 2 aromatic rings. The summed E-state index contributed by atoms with van der Waals surface area (Å²) in [6.07, 6.45) is 0. The molecule has 1 N–H and O–H groups in total. The van der Waals surface area contributed by atoms with Gasteiger partial charge in [-0.05, 0) is 38.1 Å². The summed E-state index contributed by atoms with van der Waals surface area (Å²) < 4.78 is 0. The van der Waals surface area contributed by atoms with Gasteiger partial charge in [-0.25, -0.2) is 0 Å². The van der Waals surface area contributed by atoms with E-state index in [2.05, 4.69) is 4.98 Å². The van der Waals surface area contributed by atoms with Crippen LogP contribution in [-0.4, -0.2) is 27.4 Å². The van der Waals surface area contributed by atoms with Crippen LogP contribution in [0.2, 0.25) is 0 Å². The number of rotatable bonds is 4. The van der Waals surface area contributed by atoms with Gasteiger partial charge in [-0.3, -0.25) is 9.78 Å². The van der Waals surface area contributed by atoms with Gasteiger partial charge >= 0.3 is 0 Å². The van der Waals surface area contributed by atoms with E-state index in [1.807, 2.05) is 32.0 Å². The smallest absolute Gasteiger partial charge is 0.257 e. The number of nitrogens with zero attached hydrogens (tertiary/aromatic N) is 2. The molecule has 0 fully saturated rings. The summed E-state index contributed by atoms with van der Waals surface area (Å²) in [5.74, 6) is -0.179. The second-order valence-electron chi connectivity index (χ2n) is 4.61. The quantitative estimate of drug-likeness (QED) is 0.929. The van der Waals surface area contributed by atoms with E-state index in [0.717, 1.165) is 11.4 Å². The number of amides is 1. The van der Waals surface area contributed by atoms with Crippen LogP contribution in [0.3, 0.4) is 0 Å². The summed E-state index contributed by atoms with van der Waals surface area (Å²) >= 11 is 0. The number of phenols is 1. The number of aromatic hydroxyl groups is 1. The largest absolute Gasteiger partial charge is 0.507 e. The first kappa shape index (κ1) is 14.1. The SMILES string of the molecule is CCN(Cc1cccc(C)n1)C(=O)c1ccccc1O. The van der Waals surface area contributed by atoms with Crippen molar-refractivity contribution in [2.75, 3.05) is 6.54 Å². The van der Waals surface area contributed by atoms with Crippen LogP contribution in [0.15, 0.2) is 42.5 Å². The van der Waals surface area contributed by atoms with Crippen LogP contribution in [-0.2, 0) is 6.54 Å². The third-order valence-electron chi connectivity index (χ3n) is 3.10. The van der Waals surface area contributed by atoms with Gasteiger partial charge in [-0.15, -0.1) is 0 Å². The second kappa shape index (κ2) is 6.19. The van der Waals surface area contributed by atoms with E-state index in [4.69, 9.17) is 0 Å². The van der Waals surface area contributed by atoms with Gasteiger partial charge < -0.3 is 10.0 Å². The van der Waals surface area contributed by atoms with Crippen LogP contribution in [0.4, 0.5) is 0 Å². The molecule has 4 nitrogen and oxygen atoms in total. The fourth-order valence-corrected chi connectivity index (χ4v) is 2.04. The molecule has 0 radical (unpaired) electrons. The Hall–Kier alpha value is -2.36. The van der Waals surface area contributed by atoms with E-state index >= 15 is 0 Å². The molecule has 1 heterocycles. The first-order chi connectivity index (χ1) is 9.61. The minimum Gasteiger partial charge on any atom is -0.507 e. The Bertz CT molecular complexity index is 611. The van der Waals surface area contributed by atoms with Crippen LogP contribution < -0.4 is 0 Å². The average molecular weight is 270 g/mol. The molecular weight excluding hydrogens is 252 g/mol. The average Bonchev–Trinajstić information content (AvgIpc) is 2.44. The monoisotopic (exact) mass is 270 g/mol. The highest BCUT2D eigenvalue weighted by atomic mass is 16.3. The van der Waals surface area contributed by atoms with Gasteiger partial charge in [0, 0.05) is 12.2 Å². The first-order valence-electron chi connectivity index (χ1n) is 6.61. The molecule has 0 saturated carbocycles. The minimum atomic E-state index is -0.186. The molecule has 0 aliphatic heterocycles. The molecule has 0 saturated heterocycles. The molecule has 0 aliphatic carbocycles. The van der Waals surface area contributed by atoms with Crippen molar-refractivity contribution in [1.82, 2.24) is 9.88 Å². The molecule has 104 valence electrons. The molecule has 0 unspecified atom stereocenters. The molecule has 1 aromatic heterocycles. The van der Waals surface area contributed by atoms with Crippen molar-refractivity contribution in [2.45, 2.75) is 20.4 Å². The topological polar surface area (TPSA) is 53.4 Å². The Kier molecular flexibility index (Phi) is 4.35. The maximum Gasteiger partial charge on any atom is 0.257 e. The van der Waals surface area contributed by atoms with E-state index in [-0.39, 0.29) is 11.7 Å². The Balaban J connectivity index is 2.20. The molecule has 20 heavy (non-hydrogen) atoms. The fourth-order valence-electron chi connectivity index (χ4n) is 2.04. The number of carbonyl (C=O) groups is 1. The van der Waals surface area contributed by atoms with Gasteiger partial charge in [0.2, 0.25) is 0 Å². The maximum absolute atomic E-state index is 12.4. The summed E-state index contributed by atoms with van der Waals surface area (Å²) in [5, 5.41) is 9.77. The van der Waals surface area contributed by atoms with Crippen molar-refractivity contribution in [2.24, 2.45) is 0 Å². The van der Waals surface area contributed by atoms with Gasteiger partial charge in [0.15, 0.2) is 0 Å². The van der Waals surface area contributed by atoms with Gasteiger partial charge in [0.25, 0.3) is 5.91 Å². The normalized spacial score (nSPS) is 10.3. The van der Waals surface area contributed by atoms with Crippen molar-refractivity contribution in [3.8, 4) is 5.75 Å². The Morgan fingerprint density at radius 2 is 1.95 bits per heavy atom. The second-order valence-corrected chi connectivity index (χ2v) is 4.61. The standard InChI is InChI=1S/C16H18N2O2/c1-3-18(11-13-8-6-7-12(2)17-13)16(20)14-9-4-5-10-15(14)19/h4-10,19H,3,11H2,1-2H3. The van der Waals surface area contributed by atoms with Crippen molar-refractivity contribution >= 4 is 5.91 Å². The van der Waals surface area contributed by atoms with E-state index < -0.39 is 0 Å². The molecule has 1 amide bonds. The third-order valence-corrected chi connectivity index (χ3v) is 3.10. The van der Waals surface area contributed by atoms with E-state index in [0.29, 0.717) is 18.7 Å². The summed E-state index contributed by atoms with van der Waals surface area (Å²) in [6, 6.07) is 12.3. The highest BCUT2D eigenvalue weighted by Gasteiger charge is 2.17. The van der Waals surface area contributed by atoms with Crippen LogP contribution >= 0.6 is 0 Å². The van der Waals surface area contributed by atoms with Gasteiger partial charge in [0.05, 0.1) is 17.8 Å². The van der Waals surface area contributed by atoms with Crippen LogP contribution in [0.25, 0.3) is 0 Å². The van der Waals surface area contributed by atoms with Crippen molar-refractivity contribution < 1.29 is 9.90 Å². The number of benzene rings is 1. The fraction of sp³-hybridized carbons (Fsp3) is 0.250. The molecule has 1 aromatic carbocycles. The molecule has 0 atom stereocenters. The van der Waals surface area contributed by atoms with Crippen molar-refractivity contribution in [3.63, 3.8) is 0 Å². The zero-order valence-corrected chi connectivity index (χ0v) is 11.7. The summed E-state index contributed by atoms with van der Waals surface area (Å²) in [4.78, 5) is 18.5. The number of phenolic OH excluding ortho intramolecular Hbond substituents is 1. The highest BCUT2D eigenvalue weighted by molar-refractivity contribution is 5.96. The number of para-hydroxylation sites is 1. The lowest BCUT2D eigenvalue weighted by Gasteiger charge is -2.21. The maximum atomic E-state index is 12.4. The lowest BCUT2D eigenvalue weighted by molar-refractivity contribution is 0.0747. The Morgan fingerprint density at radius 1 is 1.20 bits per heavy atom. The van der Waals surface area contributed by atoms with Gasteiger partial charge in [-0.1, -0.05) is 18.2 Å². The zero-order valence-electron chi connectivity index (χ0n) is 11.7. The first-order valence-corrected chi connectivity index (χ1v) is 6.61. The lowest BCUT2D eigenvalue weighted by atomic mass is 10.1. The number of carbonyl (C=O) groups excluding carboxylic acids is 1. The summed E-state index contributed by atoms with van der Waals surface area (Å²) in [6.45, 7) is 4.83. The number of pyridine rings is 1. The van der Waals surface area contributed by atoms with E-state index in [1.54, 1.807) is 23.1 Å².